The molecule has 0 radical (unpaired) electrons. The van der Waals surface area contributed by atoms with E-state index in [2.05, 4.69) is 15.4 Å². The third-order valence-electron chi connectivity index (χ3n) is 5.54. The summed E-state index contributed by atoms with van der Waals surface area (Å²) in [4.78, 5) is 22.6. The molecule has 2 atom stereocenters. The van der Waals surface area contributed by atoms with Crippen LogP contribution in [0.4, 0.5) is 5.69 Å². The second-order valence-electron chi connectivity index (χ2n) is 7.11. The molecule has 1 saturated carbocycles. The fourth-order valence-corrected chi connectivity index (χ4v) is 5.34. The summed E-state index contributed by atoms with van der Waals surface area (Å²) < 4.78 is 27.0. The van der Waals surface area contributed by atoms with Crippen LogP contribution in [0.3, 0.4) is 0 Å². The van der Waals surface area contributed by atoms with Gasteiger partial charge in [0.1, 0.15) is 0 Å². The van der Waals surface area contributed by atoms with Gasteiger partial charge in [0, 0.05) is 25.7 Å². The van der Waals surface area contributed by atoms with E-state index in [9.17, 15) is 23.3 Å². The van der Waals surface area contributed by atoms with E-state index in [0.29, 0.717) is 12.5 Å². The van der Waals surface area contributed by atoms with E-state index < -0.39 is 26.0 Å². The third kappa shape index (κ3) is 4.45. The summed E-state index contributed by atoms with van der Waals surface area (Å²) in [5.74, 6) is 0.289. The Morgan fingerprint density at radius 2 is 2.04 bits per heavy atom. The van der Waals surface area contributed by atoms with Gasteiger partial charge >= 0.3 is 0 Å². The van der Waals surface area contributed by atoms with Gasteiger partial charge in [0.15, 0.2) is 4.90 Å². The first-order valence-electron chi connectivity index (χ1n) is 9.09. The first-order valence-corrected chi connectivity index (χ1v) is 10.6. The number of rotatable bonds is 7. The number of amides is 1. The molecule has 2 aliphatic rings. The second kappa shape index (κ2) is 9.17. The van der Waals surface area contributed by atoms with Crippen molar-refractivity contribution in [1.82, 2.24) is 15.4 Å². The van der Waals surface area contributed by atoms with Crippen molar-refractivity contribution in [2.45, 2.75) is 30.6 Å². The van der Waals surface area contributed by atoms with Crippen LogP contribution in [0.15, 0.2) is 29.2 Å². The molecule has 2 fully saturated rings. The fourth-order valence-electron chi connectivity index (χ4n) is 4.14. The Balaban J connectivity index is 0.00000280. The number of carbonyl (C=O) groups excluding carboxylic acids is 1. The molecule has 1 saturated heterocycles. The van der Waals surface area contributed by atoms with Crippen LogP contribution in [0.2, 0.25) is 0 Å². The molecule has 1 heterocycles. The number of carbonyl (C=O) groups is 1. The molecule has 156 valence electrons. The number of sulfonamides is 1. The minimum atomic E-state index is -4.03. The first-order chi connectivity index (χ1) is 12.9. The van der Waals surface area contributed by atoms with E-state index >= 15 is 0 Å². The van der Waals surface area contributed by atoms with Gasteiger partial charge in [-0.15, -0.1) is 12.4 Å². The molecule has 1 amide bonds. The Hall–Kier alpha value is -1.75. The monoisotopic (exact) mass is 432 g/mol. The number of halogens is 1. The molecular weight excluding hydrogens is 408 g/mol. The number of hydrogen-bond donors (Lipinski definition) is 3. The molecule has 1 aromatic carbocycles. The largest absolute Gasteiger partial charge is 0.354 e. The number of nitrogens with one attached hydrogen (secondary N) is 3. The van der Waals surface area contributed by atoms with Crippen molar-refractivity contribution >= 4 is 34.0 Å². The van der Waals surface area contributed by atoms with Gasteiger partial charge in [0.05, 0.1) is 10.3 Å². The summed E-state index contributed by atoms with van der Waals surface area (Å²) >= 11 is 0. The van der Waals surface area contributed by atoms with Crippen LogP contribution in [0.5, 0.6) is 0 Å². The summed E-state index contributed by atoms with van der Waals surface area (Å²) in [6.45, 7) is 1.60. The van der Waals surface area contributed by atoms with Crippen LogP contribution < -0.4 is 15.4 Å². The highest BCUT2D eigenvalue weighted by atomic mass is 35.5. The summed E-state index contributed by atoms with van der Waals surface area (Å²) in [6, 6.07) is 5.17. The lowest BCUT2D eigenvalue weighted by Crippen LogP contribution is -2.49. The zero-order valence-corrected chi connectivity index (χ0v) is 17.0. The molecule has 3 N–H and O–H groups in total. The summed E-state index contributed by atoms with van der Waals surface area (Å²) in [5, 5.41) is 17.2. The molecule has 1 aliphatic carbocycles. The quantitative estimate of drug-likeness (QED) is 0.337. The van der Waals surface area contributed by atoms with Crippen molar-refractivity contribution in [3.63, 3.8) is 0 Å². The molecular formula is C17H25ClN4O5S. The molecule has 28 heavy (non-hydrogen) atoms. The average Bonchev–Trinajstić information content (AvgIpc) is 3.10. The van der Waals surface area contributed by atoms with Crippen LogP contribution in [-0.2, 0) is 14.8 Å². The third-order valence-corrected chi connectivity index (χ3v) is 7.05. The number of fused-ring (bicyclic) bond motifs is 1. The van der Waals surface area contributed by atoms with Crippen LogP contribution >= 0.6 is 12.4 Å². The van der Waals surface area contributed by atoms with Crippen molar-refractivity contribution in [1.29, 1.82) is 0 Å². The fraction of sp³-hybridized carbons (Fsp3) is 0.588. The van der Waals surface area contributed by atoms with Gasteiger partial charge in [-0.2, -0.15) is 0 Å². The predicted octanol–water partition coefficient (Wildman–Crippen LogP) is 1.19. The van der Waals surface area contributed by atoms with Crippen molar-refractivity contribution in [2.75, 3.05) is 26.2 Å². The highest BCUT2D eigenvalue weighted by molar-refractivity contribution is 7.89. The molecule has 0 bridgehead atoms. The Bertz CT molecular complexity index is 835. The first kappa shape index (κ1) is 22.5. The van der Waals surface area contributed by atoms with E-state index in [1.54, 1.807) is 0 Å². The number of hydrogen-bond acceptors (Lipinski definition) is 6. The maximum absolute atomic E-state index is 12.7. The molecule has 9 nitrogen and oxygen atoms in total. The van der Waals surface area contributed by atoms with Gasteiger partial charge in [-0.1, -0.05) is 25.0 Å². The number of nitrogens with zero attached hydrogens (tertiary/aromatic N) is 1. The molecule has 1 aliphatic heterocycles. The Labute approximate surface area is 170 Å². The zero-order valence-electron chi connectivity index (χ0n) is 15.3. The minimum absolute atomic E-state index is 0. The Kier molecular flexibility index (Phi) is 7.38. The smallest absolute Gasteiger partial charge is 0.289 e. The van der Waals surface area contributed by atoms with Crippen LogP contribution in [0.1, 0.15) is 25.7 Å². The van der Waals surface area contributed by atoms with Gasteiger partial charge in [0.25, 0.3) is 5.69 Å². The van der Waals surface area contributed by atoms with E-state index in [-0.39, 0.29) is 36.3 Å². The van der Waals surface area contributed by atoms with Crippen molar-refractivity contribution in [3.8, 4) is 0 Å². The molecule has 0 unspecified atom stereocenters. The zero-order chi connectivity index (χ0) is 19.5. The highest BCUT2D eigenvalue weighted by Gasteiger charge is 2.49. The van der Waals surface area contributed by atoms with Gasteiger partial charge in [-0.05, 0) is 31.4 Å². The number of nitro groups is 1. The van der Waals surface area contributed by atoms with E-state index in [0.717, 1.165) is 38.3 Å². The summed E-state index contributed by atoms with van der Waals surface area (Å²) in [5.41, 5.74) is -0.870. The van der Waals surface area contributed by atoms with Gasteiger partial charge in [0.2, 0.25) is 15.9 Å². The van der Waals surface area contributed by atoms with E-state index in [1.165, 1.54) is 18.2 Å². The average molecular weight is 433 g/mol. The number of para-hydroxylation sites is 1. The number of benzene rings is 1. The maximum Gasteiger partial charge on any atom is 0.289 e. The van der Waals surface area contributed by atoms with Gasteiger partial charge in [-0.25, -0.2) is 13.1 Å². The normalized spacial score (nSPS) is 24.1. The SMILES string of the molecule is Cl.O=C(NCCNS(=O)(=O)c1ccccc1[N+](=O)[O-])[C@@]12CCCC[C@H]1CNC2. The maximum atomic E-state index is 12.7. The van der Waals surface area contributed by atoms with Crippen LogP contribution in [0.25, 0.3) is 0 Å². The molecule has 1 aromatic rings. The summed E-state index contributed by atoms with van der Waals surface area (Å²) in [7, 11) is -4.03. The summed E-state index contributed by atoms with van der Waals surface area (Å²) in [6.07, 6.45) is 4.04. The van der Waals surface area contributed by atoms with Crippen molar-refractivity contribution in [2.24, 2.45) is 11.3 Å². The standard InChI is InChI=1S/C17H24N4O5S.ClH/c22-16(17-8-4-3-5-13(17)11-18-12-17)19-9-10-20-27(25,26)15-7-2-1-6-14(15)21(23)24;/h1-2,6-7,13,18,20H,3-5,8-12H2,(H,19,22);1H/t13-,17+;/m0./s1. The minimum Gasteiger partial charge on any atom is -0.354 e. The van der Waals surface area contributed by atoms with Gasteiger partial charge < -0.3 is 10.6 Å². The lowest BCUT2D eigenvalue weighted by molar-refractivity contribution is -0.387. The second-order valence-corrected chi connectivity index (χ2v) is 8.84. The van der Waals surface area contributed by atoms with Crippen LogP contribution in [-0.4, -0.2) is 45.4 Å². The highest BCUT2D eigenvalue weighted by Crippen LogP contribution is 2.43. The van der Waals surface area contributed by atoms with E-state index in [1.807, 2.05) is 0 Å². The lowest BCUT2D eigenvalue weighted by Gasteiger charge is -2.37. The van der Waals surface area contributed by atoms with Crippen molar-refractivity contribution in [3.05, 3.63) is 34.4 Å². The topological polar surface area (TPSA) is 130 Å². The van der Waals surface area contributed by atoms with Crippen LogP contribution in [0, 0.1) is 21.4 Å². The number of nitro benzene ring substituents is 1. The Morgan fingerprint density at radius 3 is 2.79 bits per heavy atom. The molecule has 0 aromatic heterocycles. The van der Waals surface area contributed by atoms with Gasteiger partial charge in [-0.3, -0.25) is 14.9 Å². The molecule has 3 rings (SSSR count). The predicted molar refractivity (Wildman–Crippen MR) is 106 cm³/mol. The Morgan fingerprint density at radius 1 is 1.29 bits per heavy atom. The van der Waals surface area contributed by atoms with E-state index in [4.69, 9.17) is 0 Å². The molecule has 11 heteroatoms. The lowest BCUT2D eigenvalue weighted by atomic mass is 9.67. The van der Waals surface area contributed by atoms with Crippen molar-refractivity contribution < 1.29 is 18.1 Å². The molecule has 0 spiro atoms.